The lowest BCUT2D eigenvalue weighted by molar-refractivity contribution is -0.120. The Bertz CT molecular complexity index is 681. The molecule has 1 N–H and O–H groups in total. The average Bonchev–Trinajstić information content (AvgIpc) is 2.93. The molecule has 1 fully saturated rings. The molecule has 0 aliphatic carbocycles. The van der Waals surface area contributed by atoms with E-state index in [9.17, 15) is 18.0 Å². The maximum Gasteiger partial charge on any atom is 0.224 e. The van der Waals surface area contributed by atoms with Crippen LogP contribution in [-0.2, 0) is 21.2 Å². The zero-order chi connectivity index (χ0) is 17.0. The fourth-order valence-corrected chi connectivity index (χ4v) is 4.41. The minimum atomic E-state index is -3.16. The third kappa shape index (κ3) is 5.40. The summed E-state index contributed by atoms with van der Waals surface area (Å²) in [4.78, 5) is 23.9. The zero-order valence-electron chi connectivity index (χ0n) is 13.4. The van der Waals surface area contributed by atoms with E-state index in [4.69, 9.17) is 0 Å². The number of rotatable bonds is 6. The molecule has 6 nitrogen and oxygen atoms in total. The summed E-state index contributed by atoms with van der Waals surface area (Å²) in [5.41, 5.74) is 0.833. The highest BCUT2D eigenvalue weighted by atomic mass is 32.2. The maximum atomic E-state index is 12.0. The topological polar surface area (TPSA) is 83.6 Å². The first-order valence-corrected chi connectivity index (χ1v) is 10.3. The molecule has 2 heterocycles. The van der Waals surface area contributed by atoms with Crippen molar-refractivity contribution in [2.75, 3.05) is 25.9 Å². The predicted molar refractivity (Wildman–Crippen MR) is 90.2 cm³/mol. The fraction of sp³-hybridized carbons (Fsp3) is 0.600. The predicted octanol–water partition coefficient (Wildman–Crippen LogP) is 1.28. The number of nitrogens with one attached hydrogen (secondary N) is 1. The molecule has 1 aromatic rings. The molecule has 1 atom stereocenters. The lowest BCUT2D eigenvalue weighted by Crippen LogP contribution is -2.43. The van der Waals surface area contributed by atoms with Gasteiger partial charge in [-0.15, -0.1) is 11.3 Å². The molecule has 0 spiro atoms. The van der Waals surface area contributed by atoms with Crippen LogP contribution in [0.1, 0.15) is 35.0 Å². The van der Waals surface area contributed by atoms with Crippen LogP contribution in [-0.4, -0.2) is 50.3 Å². The lowest BCUT2D eigenvalue weighted by Gasteiger charge is -2.30. The molecular formula is C15H22N2O4S2. The van der Waals surface area contributed by atoms with Gasteiger partial charge < -0.3 is 5.32 Å². The minimum absolute atomic E-state index is 0.00438. The van der Waals surface area contributed by atoms with Crippen molar-refractivity contribution in [2.45, 2.75) is 26.2 Å². The van der Waals surface area contributed by atoms with E-state index in [0.717, 1.165) is 18.4 Å². The van der Waals surface area contributed by atoms with Gasteiger partial charge in [-0.2, -0.15) is 0 Å². The quantitative estimate of drug-likeness (QED) is 0.777. The Balaban J connectivity index is 1.80. The molecule has 128 valence electrons. The summed E-state index contributed by atoms with van der Waals surface area (Å²) in [5.74, 6) is 0.0526. The molecule has 1 aliphatic rings. The van der Waals surface area contributed by atoms with Gasteiger partial charge in [0.25, 0.3) is 0 Å². The number of carbonyl (C=O) groups is 2. The Morgan fingerprint density at radius 3 is 2.78 bits per heavy atom. The Hall–Kier alpha value is -1.25. The summed E-state index contributed by atoms with van der Waals surface area (Å²) >= 11 is 1.35. The SMILES string of the molecule is CC(=O)c1cc(CC(=O)NC[C@H]2CCCN(S(C)(=O)=O)C2)cs1. The Kier molecular flexibility index (Phi) is 5.94. The normalized spacial score (nSPS) is 19.5. The van der Waals surface area contributed by atoms with Gasteiger partial charge in [0.1, 0.15) is 0 Å². The Labute approximate surface area is 140 Å². The molecule has 1 amide bonds. The van der Waals surface area contributed by atoms with E-state index in [1.54, 1.807) is 6.07 Å². The molecule has 1 aromatic heterocycles. The number of nitrogens with zero attached hydrogens (tertiary/aromatic N) is 1. The van der Waals surface area contributed by atoms with E-state index in [-0.39, 0.29) is 24.0 Å². The number of Topliss-reactive ketones (excluding diaryl/α,β-unsaturated/α-hetero) is 1. The second kappa shape index (κ2) is 7.55. The number of amides is 1. The van der Waals surface area contributed by atoms with E-state index in [0.29, 0.717) is 24.5 Å². The highest BCUT2D eigenvalue weighted by Gasteiger charge is 2.26. The van der Waals surface area contributed by atoms with Crippen molar-refractivity contribution in [2.24, 2.45) is 5.92 Å². The van der Waals surface area contributed by atoms with Gasteiger partial charge in [0, 0.05) is 19.6 Å². The van der Waals surface area contributed by atoms with Gasteiger partial charge in [-0.25, -0.2) is 12.7 Å². The first kappa shape index (κ1) is 18.1. The second-order valence-electron chi connectivity index (χ2n) is 5.99. The van der Waals surface area contributed by atoms with Crippen LogP contribution < -0.4 is 5.32 Å². The van der Waals surface area contributed by atoms with E-state index >= 15 is 0 Å². The molecule has 23 heavy (non-hydrogen) atoms. The third-order valence-corrected chi connectivity index (χ3v) is 6.25. The van der Waals surface area contributed by atoms with Crippen molar-refractivity contribution in [3.63, 3.8) is 0 Å². The summed E-state index contributed by atoms with van der Waals surface area (Å²) in [6, 6.07) is 1.75. The number of thiophene rings is 1. The summed E-state index contributed by atoms with van der Waals surface area (Å²) in [6.07, 6.45) is 3.20. The van der Waals surface area contributed by atoms with E-state index in [2.05, 4.69) is 5.32 Å². The molecule has 0 radical (unpaired) electrons. The lowest BCUT2D eigenvalue weighted by atomic mass is 9.99. The summed E-state index contributed by atoms with van der Waals surface area (Å²) in [7, 11) is -3.16. The Morgan fingerprint density at radius 1 is 1.43 bits per heavy atom. The van der Waals surface area contributed by atoms with Crippen molar-refractivity contribution in [3.05, 3.63) is 21.9 Å². The molecule has 0 unspecified atom stereocenters. The first-order valence-electron chi connectivity index (χ1n) is 7.56. The number of hydrogen-bond donors (Lipinski definition) is 1. The standard InChI is InChI=1S/C15H22N2O4S2/c1-11(18)14-6-13(10-22-14)7-15(19)16-8-12-4-3-5-17(9-12)23(2,20)21/h6,10,12H,3-5,7-9H2,1-2H3,(H,16,19)/t12-/m1/s1. The molecule has 0 bridgehead atoms. The maximum absolute atomic E-state index is 12.0. The van der Waals surface area contributed by atoms with Gasteiger partial charge in [0.15, 0.2) is 5.78 Å². The third-order valence-electron chi connectivity index (χ3n) is 3.90. The highest BCUT2D eigenvalue weighted by Crippen LogP contribution is 2.18. The molecule has 0 aromatic carbocycles. The second-order valence-corrected chi connectivity index (χ2v) is 8.88. The highest BCUT2D eigenvalue weighted by molar-refractivity contribution is 7.88. The van der Waals surface area contributed by atoms with Crippen LogP contribution in [0.3, 0.4) is 0 Å². The van der Waals surface area contributed by atoms with Crippen molar-refractivity contribution in [1.82, 2.24) is 9.62 Å². The Morgan fingerprint density at radius 2 is 2.17 bits per heavy atom. The van der Waals surface area contributed by atoms with Gasteiger partial charge in [0.05, 0.1) is 17.6 Å². The molecule has 8 heteroatoms. The van der Waals surface area contributed by atoms with E-state index < -0.39 is 10.0 Å². The smallest absolute Gasteiger partial charge is 0.224 e. The monoisotopic (exact) mass is 358 g/mol. The fourth-order valence-electron chi connectivity index (χ4n) is 2.65. The largest absolute Gasteiger partial charge is 0.355 e. The molecule has 0 saturated carbocycles. The van der Waals surface area contributed by atoms with Gasteiger partial charge >= 0.3 is 0 Å². The first-order chi connectivity index (χ1) is 10.8. The number of sulfonamides is 1. The van der Waals surface area contributed by atoms with Gasteiger partial charge in [0.2, 0.25) is 15.9 Å². The molecular weight excluding hydrogens is 336 g/mol. The van der Waals surface area contributed by atoms with Crippen LogP contribution in [0.25, 0.3) is 0 Å². The van der Waals surface area contributed by atoms with Crippen molar-refractivity contribution >= 4 is 33.1 Å². The number of piperidine rings is 1. The minimum Gasteiger partial charge on any atom is -0.355 e. The van der Waals surface area contributed by atoms with Crippen molar-refractivity contribution in [1.29, 1.82) is 0 Å². The summed E-state index contributed by atoms with van der Waals surface area (Å²) < 4.78 is 24.6. The van der Waals surface area contributed by atoms with E-state index in [1.165, 1.54) is 28.8 Å². The van der Waals surface area contributed by atoms with Crippen molar-refractivity contribution < 1.29 is 18.0 Å². The van der Waals surface area contributed by atoms with E-state index in [1.807, 2.05) is 5.38 Å². The summed E-state index contributed by atoms with van der Waals surface area (Å²) in [5, 5.41) is 4.69. The van der Waals surface area contributed by atoms with Gasteiger partial charge in [-0.3, -0.25) is 9.59 Å². The van der Waals surface area contributed by atoms with Crippen LogP contribution >= 0.6 is 11.3 Å². The summed E-state index contributed by atoms with van der Waals surface area (Å²) in [6.45, 7) is 3.01. The van der Waals surface area contributed by atoms with Crippen molar-refractivity contribution in [3.8, 4) is 0 Å². The van der Waals surface area contributed by atoms with Crippen LogP contribution in [0, 0.1) is 5.92 Å². The number of carbonyl (C=O) groups excluding carboxylic acids is 2. The number of hydrogen-bond acceptors (Lipinski definition) is 5. The van der Waals surface area contributed by atoms with Gasteiger partial charge in [-0.1, -0.05) is 0 Å². The molecule has 1 saturated heterocycles. The average molecular weight is 358 g/mol. The molecule has 2 rings (SSSR count). The number of ketones is 1. The molecule has 1 aliphatic heterocycles. The van der Waals surface area contributed by atoms with Crippen LogP contribution in [0.2, 0.25) is 0 Å². The van der Waals surface area contributed by atoms with Crippen LogP contribution in [0.5, 0.6) is 0 Å². The van der Waals surface area contributed by atoms with Gasteiger partial charge in [-0.05, 0) is 42.7 Å². The van der Waals surface area contributed by atoms with Crippen LogP contribution in [0.4, 0.5) is 0 Å². The zero-order valence-corrected chi connectivity index (χ0v) is 15.0. The van der Waals surface area contributed by atoms with Crippen LogP contribution in [0.15, 0.2) is 11.4 Å².